The lowest BCUT2D eigenvalue weighted by molar-refractivity contribution is -0.0267. The minimum Gasteiger partial charge on any atom is -0.347 e. The van der Waals surface area contributed by atoms with Gasteiger partial charge < -0.3 is 14.8 Å². The molecule has 2 heterocycles. The van der Waals surface area contributed by atoms with Crippen molar-refractivity contribution in [3.05, 3.63) is 35.9 Å². The zero-order valence-corrected chi connectivity index (χ0v) is 8.61. The molecule has 0 aromatic heterocycles. The van der Waals surface area contributed by atoms with Crippen LogP contribution in [0, 0.1) is 0 Å². The van der Waals surface area contributed by atoms with E-state index in [-0.39, 0.29) is 11.7 Å². The first-order valence-corrected chi connectivity index (χ1v) is 5.44. The highest BCUT2D eigenvalue weighted by molar-refractivity contribution is 5.26. The van der Waals surface area contributed by atoms with Crippen LogP contribution in [0.3, 0.4) is 0 Å². The van der Waals surface area contributed by atoms with Crippen molar-refractivity contribution in [3.8, 4) is 0 Å². The van der Waals surface area contributed by atoms with Gasteiger partial charge in [-0.1, -0.05) is 30.3 Å². The van der Waals surface area contributed by atoms with Crippen LogP contribution in [-0.4, -0.2) is 26.0 Å². The Morgan fingerprint density at radius 3 is 3.00 bits per heavy atom. The number of piperidine rings is 1. The molecule has 0 aliphatic carbocycles. The van der Waals surface area contributed by atoms with Crippen LogP contribution in [0.2, 0.25) is 0 Å². The molecule has 3 nitrogen and oxygen atoms in total. The Labute approximate surface area is 89.4 Å². The van der Waals surface area contributed by atoms with E-state index in [1.165, 1.54) is 5.56 Å². The summed E-state index contributed by atoms with van der Waals surface area (Å²) in [7, 11) is 0. The summed E-state index contributed by atoms with van der Waals surface area (Å²) in [6.07, 6.45) is 1.15. The van der Waals surface area contributed by atoms with Crippen LogP contribution in [0.25, 0.3) is 0 Å². The minimum absolute atomic E-state index is 0.161. The van der Waals surface area contributed by atoms with Crippen molar-refractivity contribution >= 4 is 0 Å². The highest BCUT2D eigenvalue weighted by atomic mass is 16.7. The summed E-state index contributed by atoms with van der Waals surface area (Å²) < 4.78 is 11.5. The van der Waals surface area contributed by atoms with Crippen LogP contribution in [0.1, 0.15) is 12.0 Å². The molecule has 3 heteroatoms. The number of benzene rings is 1. The maximum absolute atomic E-state index is 5.87. The summed E-state index contributed by atoms with van der Waals surface area (Å²) in [6, 6.07) is 10.4. The first kappa shape index (κ1) is 9.33. The van der Waals surface area contributed by atoms with E-state index < -0.39 is 0 Å². The highest BCUT2D eigenvalue weighted by Gasteiger charge is 2.48. The maximum Gasteiger partial charge on any atom is 0.148 e. The molecule has 15 heavy (non-hydrogen) atoms. The van der Waals surface area contributed by atoms with Gasteiger partial charge in [0, 0.05) is 6.54 Å². The third-order valence-electron chi connectivity index (χ3n) is 3.37. The lowest BCUT2D eigenvalue weighted by Gasteiger charge is -2.37. The first-order valence-electron chi connectivity index (χ1n) is 5.44. The standard InChI is InChI=1S/C12H15NO2/c1-2-4-10(5-3-1)12-6-7-13-8-11(12)14-9-15-12/h1-5,11,13H,6-9H2/t11-,12?/m1/s1. The molecule has 0 saturated carbocycles. The first-order chi connectivity index (χ1) is 7.42. The van der Waals surface area contributed by atoms with E-state index >= 15 is 0 Å². The molecule has 3 rings (SSSR count). The summed E-state index contributed by atoms with van der Waals surface area (Å²) in [6.45, 7) is 2.30. The van der Waals surface area contributed by atoms with Crippen molar-refractivity contribution in [1.82, 2.24) is 5.32 Å². The Morgan fingerprint density at radius 2 is 2.13 bits per heavy atom. The second-order valence-electron chi connectivity index (χ2n) is 4.13. The predicted molar refractivity (Wildman–Crippen MR) is 56.4 cm³/mol. The van der Waals surface area contributed by atoms with Gasteiger partial charge in [-0.2, -0.15) is 0 Å². The number of nitrogens with one attached hydrogen (secondary N) is 1. The van der Waals surface area contributed by atoms with E-state index in [1.807, 2.05) is 6.07 Å². The van der Waals surface area contributed by atoms with Crippen molar-refractivity contribution in [2.24, 2.45) is 0 Å². The fourth-order valence-electron chi connectivity index (χ4n) is 2.55. The Kier molecular flexibility index (Phi) is 2.24. The molecule has 0 spiro atoms. The molecular weight excluding hydrogens is 190 g/mol. The van der Waals surface area contributed by atoms with Gasteiger partial charge >= 0.3 is 0 Å². The average molecular weight is 205 g/mol. The van der Waals surface area contributed by atoms with E-state index in [0.29, 0.717) is 6.79 Å². The zero-order valence-electron chi connectivity index (χ0n) is 8.61. The molecule has 1 aromatic rings. The fraction of sp³-hybridized carbons (Fsp3) is 0.500. The molecule has 2 saturated heterocycles. The lowest BCUT2D eigenvalue weighted by Crippen LogP contribution is -2.50. The molecule has 80 valence electrons. The Bertz CT molecular complexity index is 341. The summed E-state index contributed by atoms with van der Waals surface area (Å²) in [5.74, 6) is 0. The van der Waals surface area contributed by atoms with Crippen LogP contribution < -0.4 is 5.32 Å². The van der Waals surface area contributed by atoms with Crippen LogP contribution in [-0.2, 0) is 15.1 Å². The third-order valence-corrected chi connectivity index (χ3v) is 3.37. The van der Waals surface area contributed by atoms with Gasteiger partial charge in [0.05, 0.1) is 0 Å². The largest absolute Gasteiger partial charge is 0.347 e. The second-order valence-corrected chi connectivity index (χ2v) is 4.13. The molecule has 2 aliphatic rings. The molecule has 1 unspecified atom stereocenters. The number of ether oxygens (including phenoxy) is 2. The fourth-order valence-corrected chi connectivity index (χ4v) is 2.55. The molecule has 2 aliphatic heterocycles. The maximum atomic E-state index is 5.87. The summed E-state index contributed by atoms with van der Waals surface area (Å²) in [5, 5.41) is 3.35. The smallest absolute Gasteiger partial charge is 0.148 e. The molecule has 0 amide bonds. The zero-order chi connectivity index (χ0) is 10.1. The van der Waals surface area contributed by atoms with Crippen molar-refractivity contribution in [1.29, 1.82) is 0 Å². The normalized spacial score (nSPS) is 35.1. The summed E-state index contributed by atoms with van der Waals surface area (Å²) in [4.78, 5) is 0. The van der Waals surface area contributed by atoms with Gasteiger partial charge in [0.15, 0.2) is 0 Å². The van der Waals surface area contributed by atoms with Gasteiger partial charge in [-0.3, -0.25) is 0 Å². The molecule has 2 atom stereocenters. The van der Waals surface area contributed by atoms with Crippen LogP contribution >= 0.6 is 0 Å². The van der Waals surface area contributed by atoms with Gasteiger partial charge in [0.25, 0.3) is 0 Å². The Balaban J connectivity index is 2.00. The van der Waals surface area contributed by atoms with Crippen molar-refractivity contribution in [3.63, 3.8) is 0 Å². The average Bonchev–Trinajstić information content (AvgIpc) is 2.75. The van der Waals surface area contributed by atoms with Gasteiger partial charge in [0.1, 0.15) is 18.5 Å². The molecule has 2 fully saturated rings. The molecule has 1 N–H and O–H groups in total. The monoisotopic (exact) mass is 205 g/mol. The molecule has 1 aromatic carbocycles. The molecular formula is C12H15NO2. The van der Waals surface area contributed by atoms with Crippen LogP contribution in [0.5, 0.6) is 0 Å². The van der Waals surface area contributed by atoms with Gasteiger partial charge in [-0.05, 0) is 18.5 Å². The summed E-state index contributed by atoms with van der Waals surface area (Å²) >= 11 is 0. The number of hydrogen-bond acceptors (Lipinski definition) is 3. The predicted octanol–water partition coefficient (Wildman–Crippen LogP) is 1.25. The number of fused-ring (bicyclic) bond motifs is 1. The second kappa shape index (κ2) is 3.59. The number of rotatable bonds is 1. The van der Waals surface area contributed by atoms with Crippen LogP contribution in [0.15, 0.2) is 30.3 Å². The van der Waals surface area contributed by atoms with E-state index in [0.717, 1.165) is 19.5 Å². The molecule has 0 bridgehead atoms. The minimum atomic E-state index is -0.202. The topological polar surface area (TPSA) is 30.5 Å². The van der Waals surface area contributed by atoms with Gasteiger partial charge in [-0.25, -0.2) is 0 Å². The summed E-state index contributed by atoms with van der Waals surface area (Å²) in [5.41, 5.74) is 1.04. The SMILES string of the molecule is c1ccc(C23CCNC[C@H]2OCO3)cc1. The van der Waals surface area contributed by atoms with Crippen molar-refractivity contribution in [2.75, 3.05) is 19.9 Å². The van der Waals surface area contributed by atoms with E-state index in [9.17, 15) is 0 Å². The molecule has 0 radical (unpaired) electrons. The van der Waals surface area contributed by atoms with E-state index in [1.54, 1.807) is 0 Å². The van der Waals surface area contributed by atoms with Gasteiger partial charge in [0.2, 0.25) is 0 Å². The van der Waals surface area contributed by atoms with E-state index in [2.05, 4.69) is 29.6 Å². The Hall–Kier alpha value is -0.900. The van der Waals surface area contributed by atoms with Crippen molar-refractivity contribution < 1.29 is 9.47 Å². The lowest BCUT2D eigenvalue weighted by atomic mass is 9.83. The Morgan fingerprint density at radius 1 is 1.27 bits per heavy atom. The number of hydrogen-bond donors (Lipinski definition) is 1. The van der Waals surface area contributed by atoms with Crippen LogP contribution in [0.4, 0.5) is 0 Å². The third kappa shape index (κ3) is 1.39. The quantitative estimate of drug-likeness (QED) is 0.748. The van der Waals surface area contributed by atoms with Crippen molar-refractivity contribution in [2.45, 2.75) is 18.1 Å². The highest BCUT2D eigenvalue weighted by Crippen LogP contribution is 2.40. The van der Waals surface area contributed by atoms with Gasteiger partial charge in [-0.15, -0.1) is 0 Å². The van der Waals surface area contributed by atoms with E-state index in [4.69, 9.17) is 9.47 Å².